The number of rotatable bonds is 8. The Morgan fingerprint density at radius 1 is 0.969 bits per heavy atom. The van der Waals surface area contributed by atoms with E-state index in [2.05, 4.69) is 5.32 Å². The molecule has 0 bridgehead atoms. The quantitative estimate of drug-likeness (QED) is 0.328. The number of hydrogen-bond donors (Lipinski definition) is 1. The highest BCUT2D eigenvalue weighted by Gasteiger charge is 2.24. The van der Waals surface area contributed by atoms with Gasteiger partial charge in [-0.25, -0.2) is 4.79 Å². The van der Waals surface area contributed by atoms with Gasteiger partial charge in [-0.15, -0.1) is 0 Å². The lowest BCUT2D eigenvalue weighted by molar-refractivity contribution is -0.385. The van der Waals surface area contributed by atoms with Crippen LogP contribution in [0.2, 0.25) is 0 Å². The molecule has 3 rings (SSSR count). The summed E-state index contributed by atoms with van der Waals surface area (Å²) >= 11 is 0. The Labute approximate surface area is 184 Å². The maximum Gasteiger partial charge on any atom is 0.328 e. The summed E-state index contributed by atoms with van der Waals surface area (Å²) < 4.78 is 9.80. The van der Waals surface area contributed by atoms with Crippen molar-refractivity contribution in [2.45, 2.75) is 12.5 Å². The number of carbonyl (C=O) groups is 2. The number of hydrogen-bond acceptors (Lipinski definition) is 6. The van der Waals surface area contributed by atoms with Gasteiger partial charge in [-0.3, -0.25) is 14.9 Å². The van der Waals surface area contributed by atoms with Gasteiger partial charge in [0.1, 0.15) is 6.04 Å². The van der Waals surface area contributed by atoms with Crippen LogP contribution in [0.15, 0.2) is 72.8 Å². The SMILES string of the molecule is COC(=O)[C@@H](Cc1ccc(OC)c([N+](=O)[O-])c1)NC(=O)c1ccc(-c2ccccc2)cc1. The molecule has 3 aromatic rings. The Kier molecular flexibility index (Phi) is 7.17. The summed E-state index contributed by atoms with van der Waals surface area (Å²) in [5.74, 6) is -1.00. The van der Waals surface area contributed by atoms with Crippen molar-refractivity contribution >= 4 is 17.6 Å². The Bertz CT molecular complexity index is 1110. The summed E-state index contributed by atoms with van der Waals surface area (Å²) in [6.07, 6.45) is 0.0192. The number of nitrogens with one attached hydrogen (secondary N) is 1. The van der Waals surface area contributed by atoms with E-state index in [1.54, 1.807) is 18.2 Å². The van der Waals surface area contributed by atoms with E-state index in [0.717, 1.165) is 11.1 Å². The van der Waals surface area contributed by atoms with Crippen LogP contribution in [0.1, 0.15) is 15.9 Å². The lowest BCUT2D eigenvalue weighted by atomic mass is 10.0. The zero-order valence-corrected chi connectivity index (χ0v) is 17.6. The third kappa shape index (κ3) is 5.28. The van der Waals surface area contributed by atoms with Gasteiger partial charge in [0.15, 0.2) is 5.75 Å². The molecule has 3 aromatic carbocycles. The van der Waals surface area contributed by atoms with Gasteiger partial charge in [-0.05, 0) is 34.9 Å². The van der Waals surface area contributed by atoms with Crippen LogP contribution in [0.3, 0.4) is 0 Å². The molecule has 0 aliphatic heterocycles. The number of nitro groups is 1. The fraction of sp³-hybridized carbons (Fsp3) is 0.167. The largest absolute Gasteiger partial charge is 0.490 e. The Hall–Kier alpha value is -4.20. The number of benzene rings is 3. The molecule has 1 atom stereocenters. The summed E-state index contributed by atoms with van der Waals surface area (Å²) in [6.45, 7) is 0. The molecule has 0 unspecified atom stereocenters. The molecular formula is C24H22N2O6. The summed E-state index contributed by atoms with van der Waals surface area (Å²) in [7, 11) is 2.55. The van der Waals surface area contributed by atoms with Crippen LogP contribution in [0.4, 0.5) is 5.69 Å². The van der Waals surface area contributed by atoms with E-state index < -0.39 is 22.8 Å². The predicted octanol–water partition coefficient (Wildman–Crippen LogP) is 3.78. The number of methoxy groups -OCH3 is 2. The van der Waals surface area contributed by atoms with E-state index in [4.69, 9.17) is 9.47 Å². The molecule has 0 aliphatic carbocycles. The molecule has 1 N–H and O–H groups in total. The highest BCUT2D eigenvalue weighted by molar-refractivity contribution is 5.97. The van der Waals surface area contributed by atoms with Crippen LogP contribution in [0.5, 0.6) is 5.75 Å². The molecular weight excluding hydrogens is 412 g/mol. The lowest BCUT2D eigenvalue weighted by Crippen LogP contribution is -2.43. The van der Waals surface area contributed by atoms with Gasteiger partial charge < -0.3 is 14.8 Å². The average molecular weight is 434 g/mol. The first-order valence-corrected chi connectivity index (χ1v) is 9.78. The molecule has 8 heteroatoms. The van der Waals surface area contributed by atoms with Crippen LogP contribution in [0, 0.1) is 10.1 Å². The van der Waals surface area contributed by atoms with Gasteiger partial charge in [0.2, 0.25) is 0 Å². The number of amides is 1. The smallest absolute Gasteiger partial charge is 0.328 e. The number of nitro benzene ring substituents is 1. The van der Waals surface area contributed by atoms with Crippen molar-refractivity contribution < 1.29 is 24.0 Å². The topological polar surface area (TPSA) is 108 Å². The number of ether oxygens (including phenoxy) is 2. The van der Waals surface area contributed by atoms with Crippen molar-refractivity contribution in [3.8, 4) is 16.9 Å². The first-order chi connectivity index (χ1) is 15.4. The monoisotopic (exact) mass is 434 g/mol. The van der Waals surface area contributed by atoms with E-state index in [9.17, 15) is 19.7 Å². The summed E-state index contributed by atoms with van der Waals surface area (Å²) in [6, 6.07) is 20.1. The van der Waals surface area contributed by atoms with Crippen molar-refractivity contribution in [1.29, 1.82) is 0 Å². The molecule has 0 radical (unpaired) electrons. The summed E-state index contributed by atoms with van der Waals surface area (Å²) in [5.41, 5.74) is 2.61. The van der Waals surface area contributed by atoms with Crippen molar-refractivity contribution in [2.75, 3.05) is 14.2 Å². The molecule has 0 heterocycles. The standard InChI is InChI=1S/C24H22N2O6/c1-31-22-13-8-16(15-21(22)26(29)30)14-20(24(28)32-2)25-23(27)19-11-9-18(10-12-19)17-6-4-3-5-7-17/h3-13,15,20H,14H2,1-2H3,(H,25,27)/t20-/m1/s1. The third-order valence-electron chi connectivity index (χ3n) is 4.93. The second-order valence-corrected chi connectivity index (χ2v) is 6.96. The van der Waals surface area contributed by atoms with Gasteiger partial charge in [-0.1, -0.05) is 48.5 Å². The fourth-order valence-corrected chi connectivity index (χ4v) is 3.26. The predicted molar refractivity (Wildman–Crippen MR) is 119 cm³/mol. The zero-order chi connectivity index (χ0) is 23.1. The molecule has 0 saturated heterocycles. The number of carbonyl (C=O) groups excluding carboxylic acids is 2. The van der Waals surface area contributed by atoms with E-state index >= 15 is 0 Å². The Balaban J connectivity index is 1.77. The molecule has 0 spiro atoms. The maximum atomic E-state index is 12.7. The zero-order valence-electron chi connectivity index (χ0n) is 17.6. The summed E-state index contributed by atoms with van der Waals surface area (Å²) in [5, 5.41) is 13.9. The molecule has 0 saturated carbocycles. The molecule has 1 amide bonds. The highest BCUT2D eigenvalue weighted by Crippen LogP contribution is 2.28. The van der Waals surface area contributed by atoms with Gasteiger partial charge >= 0.3 is 11.7 Å². The van der Waals surface area contributed by atoms with Crippen molar-refractivity contribution in [1.82, 2.24) is 5.32 Å². The van der Waals surface area contributed by atoms with E-state index in [-0.39, 0.29) is 17.9 Å². The first-order valence-electron chi connectivity index (χ1n) is 9.78. The number of esters is 1. The van der Waals surface area contributed by atoms with Crippen LogP contribution >= 0.6 is 0 Å². The van der Waals surface area contributed by atoms with Gasteiger partial charge in [0.05, 0.1) is 19.1 Å². The maximum absolute atomic E-state index is 12.7. The third-order valence-corrected chi connectivity index (χ3v) is 4.93. The number of nitrogens with zero attached hydrogens (tertiary/aromatic N) is 1. The lowest BCUT2D eigenvalue weighted by Gasteiger charge is -2.17. The van der Waals surface area contributed by atoms with E-state index in [0.29, 0.717) is 11.1 Å². The fourth-order valence-electron chi connectivity index (χ4n) is 3.26. The molecule has 164 valence electrons. The Morgan fingerprint density at radius 3 is 2.22 bits per heavy atom. The van der Waals surface area contributed by atoms with E-state index in [1.165, 1.54) is 26.4 Å². The van der Waals surface area contributed by atoms with Crippen molar-refractivity contribution in [2.24, 2.45) is 0 Å². The van der Waals surface area contributed by atoms with Gasteiger partial charge in [-0.2, -0.15) is 0 Å². The molecule has 8 nitrogen and oxygen atoms in total. The normalized spacial score (nSPS) is 11.3. The highest BCUT2D eigenvalue weighted by atomic mass is 16.6. The minimum Gasteiger partial charge on any atom is -0.490 e. The average Bonchev–Trinajstić information content (AvgIpc) is 2.83. The van der Waals surface area contributed by atoms with Crippen molar-refractivity contribution in [3.05, 3.63) is 94.0 Å². The van der Waals surface area contributed by atoms with Crippen LogP contribution in [-0.4, -0.2) is 37.1 Å². The van der Waals surface area contributed by atoms with Gasteiger partial charge in [0.25, 0.3) is 5.91 Å². The van der Waals surface area contributed by atoms with E-state index in [1.807, 2.05) is 42.5 Å². The molecule has 0 aromatic heterocycles. The second kappa shape index (κ2) is 10.2. The van der Waals surface area contributed by atoms with Crippen molar-refractivity contribution in [3.63, 3.8) is 0 Å². The summed E-state index contributed by atoms with van der Waals surface area (Å²) in [4.78, 5) is 35.7. The minimum absolute atomic E-state index is 0.0192. The molecule has 32 heavy (non-hydrogen) atoms. The van der Waals surface area contributed by atoms with Crippen LogP contribution in [-0.2, 0) is 16.0 Å². The molecule has 0 fully saturated rings. The first kappa shape index (κ1) is 22.5. The van der Waals surface area contributed by atoms with Crippen LogP contribution in [0.25, 0.3) is 11.1 Å². The minimum atomic E-state index is -1.02. The Morgan fingerprint density at radius 2 is 1.62 bits per heavy atom. The molecule has 0 aliphatic rings. The van der Waals surface area contributed by atoms with Crippen LogP contribution < -0.4 is 10.1 Å². The van der Waals surface area contributed by atoms with Gasteiger partial charge in [0, 0.05) is 18.1 Å². The second-order valence-electron chi connectivity index (χ2n) is 6.96.